The molecule has 0 aromatic heterocycles. The molecule has 0 aliphatic heterocycles. The van der Waals surface area contributed by atoms with Crippen LogP contribution in [0.5, 0.6) is 0 Å². The Kier molecular flexibility index (Phi) is 43.5. The van der Waals surface area contributed by atoms with Gasteiger partial charge in [-0.2, -0.15) is 0 Å². The minimum atomic E-state index is -0.884. The average Bonchev–Trinajstić information content (AvgIpc) is 3.26. The van der Waals surface area contributed by atoms with E-state index in [1.165, 1.54) is 89.9 Å². The minimum absolute atomic E-state index is 0.0398. The van der Waals surface area contributed by atoms with Gasteiger partial charge in [0.25, 0.3) is 0 Å². The van der Waals surface area contributed by atoms with Crippen LogP contribution in [0.25, 0.3) is 0 Å². The second kappa shape index (κ2) is 46.1. The minimum Gasteiger partial charge on any atom is -0.477 e. The van der Waals surface area contributed by atoms with E-state index in [-0.39, 0.29) is 42.7 Å². The van der Waals surface area contributed by atoms with Gasteiger partial charge in [0.05, 0.1) is 34.4 Å². The maximum Gasteiger partial charge on any atom is 0.362 e. The van der Waals surface area contributed by atoms with Crippen molar-refractivity contribution in [1.29, 1.82) is 0 Å². The molecule has 64 heavy (non-hydrogen) atoms. The van der Waals surface area contributed by atoms with E-state index < -0.39 is 18.1 Å². The van der Waals surface area contributed by atoms with Gasteiger partial charge in [0.1, 0.15) is 6.61 Å². The number of carbonyl (C=O) groups excluding carboxylic acids is 2. The fraction of sp³-hybridized carbons (Fsp3) is 0.696. The van der Waals surface area contributed by atoms with Crippen LogP contribution in [0.4, 0.5) is 0 Å². The molecule has 0 radical (unpaired) electrons. The van der Waals surface area contributed by atoms with Gasteiger partial charge in [0.15, 0.2) is 12.1 Å². The number of unbranched alkanes of at least 4 members (excludes halogenated alkanes) is 17. The van der Waals surface area contributed by atoms with Crippen LogP contribution in [0.2, 0.25) is 0 Å². The zero-order valence-electron chi connectivity index (χ0n) is 41.7. The lowest BCUT2D eigenvalue weighted by molar-refractivity contribution is -0.887. The van der Waals surface area contributed by atoms with E-state index in [9.17, 15) is 19.5 Å². The van der Waals surface area contributed by atoms with Crippen LogP contribution < -0.4 is 0 Å². The number of carbonyl (C=O) groups is 3. The Bertz CT molecular complexity index is 1320. The molecule has 8 nitrogen and oxygen atoms in total. The van der Waals surface area contributed by atoms with E-state index >= 15 is 0 Å². The Morgan fingerprint density at radius 2 is 0.891 bits per heavy atom. The highest BCUT2D eigenvalue weighted by Gasteiger charge is 2.31. The second-order valence-electron chi connectivity index (χ2n) is 18.0. The predicted octanol–water partition coefficient (Wildman–Crippen LogP) is 14.9. The quantitative estimate of drug-likeness (QED) is 0.0281. The molecule has 366 valence electrons. The highest BCUT2D eigenvalue weighted by atomic mass is 16.6. The Hall–Kier alpha value is -3.49. The first kappa shape index (κ1) is 60.5. The highest BCUT2D eigenvalue weighted by molar-refractivity contribution is 5.72. The van der Waals surface area contributed by atoms with Gasteiger partial charge in [-0.1, -0.05) is 182 Å². The van der Waals surface area contributed by atoms with Gasteiger partial charge in [0.2, 0.25) is 0 Å². The molecule has 0 aliphatic carbocycles. The van der Waals surface area contributed by atoms with Crippen molar-refractivity contribution in [3.63, 3.8) is 0 Å². The first-order valence-electron chi connectivity index (χ1n) is 25.6. The van der Waals surface area contributed by atoms with E-state index in [1.54, 1.807) is 0 Å². The SMILES string of the molecule is CC/C=C/C/C=C/C/C=C/C/C=C/CCCCCCCCCCCCC(=O)OC(COCCC(C(=O)O)[N+](C)(C)C)COC(=O)CCC/C=C/C/C=C/C/C=C/CCCCCCCC. The Balaban J connectivity index is 4.32. The lowest BCUT2D eigenvalue weighted by atomic mass is 10.0. The number of allylic oxidation sites excluding steroid dienone is 14. The highest BCUT2D eigenvalue weighted by Crippen LogP contribution is 2.14. The normalized spacial score (nSPS) is 13.6. The molecule has 8 heteroatoms. The molecular weight excluding hydrogens is 799 g/mol. The van der Waals surface area contributed by atoms with Crippen LogP contribution >= 0.6 is 0 Å². The zero-order valence-corrected chi connectivity index (χ0v) is 41.7. The van der Waals surface area contributed by atoms with Crippen molar-refractivity contribution >= 4 is 17.9 Å². The van der Waals surface area contributed by atoms with Crippen LogP contribution in [-0.4, -0.2) is 80.6 Å². The summed E-state index contributed by atoms with van der Waals surface area (Å²) >= 11 is 0. The molecule has 0 bridgehead atoms. The van der Waals surface area contributed by atoms with E-state index in [2.05, 4.69) is 98.9 Å². The van der Waals surface area contributed by atoms with E-state index in [4.69, 9.17) is 14.2 Å². The van der Waals surface area contributed by atoms with Gasteiger partial charge >= 0.3 is 17.9 Å². The molecule has 0 heterocycles. The summed E-state index contributed by atoms with van der Waals surface area (Å²) in [4.78, 5) is 37.1. The molecule has 0 amide bonds. The van der Waals surface area contributed by atoms with Gasteiger partial charge < -0.3 is 23.8 Å². The van der Waals surface area contributed by atoms with Crippen LogP contribution in [0.3, 0.4) is 0 Å². The molecule has 2 atom stereocenters. The first-order chi connectivity index (χ1) is 31.1. The van der Waals surface area contributed by atoms with Crippen LogP contribution in [0.1, 0.15) is 200 Å². The van der Waals surface area contributed by atoms with Gasteiger partial charge in [0, 0.05) is 19.3 Å². The van der Waals surface area contributed by atoms with Crippen molar-refractivity contribution in [3.8, 4) is 0 Å². The number of hydrogen-bond donors (Lipinski definition) is 1. The van der Waals surface area contributed by atoms with Crippen molar-refractivity contribution in [1.82, 2.24) is 0 Å². The van der Waals surface area contributed by atoms with Gasteiger partial charge in [-0.25, -0.2) is 4.79 Å². The molecule has 0 rings (SSSR count). The topological polar surface area (TPSA) is 99.1 Å². The standard InChI is InChI=1S/C56H95NO7/c1-6-8-10-12-14-16-18-20-22-24-25-26-27-28-29-31-33-35-37-39-41-43-45-47-55(59)64-52(50-62-49-48-53(56(60)61)57(3,4)5)51-63-54(58)46-44-42-40-38-36-34-32-30-23-21-19-17-15-13-11-9-7-2/h8,10,14,16,20-23,25-26,32,34,38,40,52-53H,6-7,9,11-13,15,17-19,24,27-31,33,35-37,39,41-51H2,1-5H3/p+1/b10-8+,16-14+,22-20+,23-21+,26-25+,34-32+,40-38+. The number of ether oxygens (including phenoxy) is 3. The van der Waals surface area contributed by atoms with Crippen LogP contribution in [0, 0.1) is 0 Å². The molecule has 0 saturated heterocycles. The third-order valence-corrected chi connectivity index (χ3v) is 11.0. The van der Waals surface area contributed by atoms with Crippen LogP contribution in [0.15, 0.2) is 85.1 Å². The lowest BCUT2D eigenvalue weighted by Gasteiger charge is -2.31. The van der Waals surface area contributed by atoms with Crippen molar-refractivity contribution in [2.75, 3.05) is 41.0 Å². The summed E-state index contributed by atoms with van der Waals surface area (Å²) in [5, 5.41) is 9.65. The Labute approximate surface area is 393 Å². The molecule has 0 spiro atoms. The number of carboxylic acids is 1. The molecule has 0 fully saturated rings. The molecule has 0 aromatic carbocycles. The van der Waals surface area contributed by atoms with Crippen molar-refractivity contribution in [3.05, 3.63) is 85.1 Å². The zero-order chi connectivity index (χ0) is 47.0. The number of aliphatic carboxylic acids is 1. The van der Waals surface area contributed by atoms with Gasteiger partial charge in [-0.05, 0) is 83.5 Å². The molecule has 0 aliphatic rings. The van der Waals surface area contributed by atoms with Crippen molar-refractivity contribution in [2.24, 2.45) is 0 Å². The summed E-state index contributed by atoms with van der Waals surface area (Å²) in [6.07, 6.45) is 60.7. The van der Waals surface area contributed by atoms with E-state index in [1.807, 2.05) is 21.1 Å². The third-order valence-electron chi connectivity index (χ3n) is 11.0. The molecule has 2 unspecified atom stereocenters. The monoisotopic (exact) mass is 895 g/mol. The van der Waals surface area contributed by atoms with E-state index in [0.29, 0.717) is 19.3 Å². The average molecular weight is 895 g/mol. The summed E-state index contributed by atoms with van der Waals surface area (Å²) in [5.41, 5.74) is 0. The summed E-state index contributed by atoms with van der Waals surface area (Å²) in [6.45, 7) is 4.56. The van der Waals surface area contributed by atoms with Crippen molar-refractivity contribution in [2.45, 2.75) is 212 Å². The summed E-state index contributed by atoms with van der Waals surface area (Å²) in [5.74, 6) is -1.54. The number of esters is 2. The molecule has 0 aromatic rings. The van der Waals surface area contributed by atoms with Gasteiger partial charge in [-0.3, -0.25) is 9.59 Å². The fourth-order valence-electron chi connectivity index (χ4n) is 7.10. The lowest BCUT2D eigenvalue weighted by Crippen LogP contribution is -2.50. The van der Waals surface area contributed by atoms with Crippen molar-refractivity contribution < 1.29 is 38.2 Å². The number of nitrogens with zero attached hydrogens (tertiary/aromatic N) is 1. The number of rotatable bonds is 45. The number of likely N-dealkylation sites (N-methyl/N-ethyl adjacent to an activating group) is 1. The molecular formula is C56H96NO7+. The molecule has 1 N–H and O–H groups in total. The smallest absolute Gasteiger partial charge is 0.362 e. The van der Waals surface area contributed by atoms with Gasteiger partial charge in [-0.15, -0.1) is 0 Å². The first-order valence-corrected chi connectivity index (χ1v) is 25.6. The number of quaternary nitrogens is 1. The second-order valence-corrected chi connectivity index (χ2v) is 18.0. The molecule has 0 saturated carbocycles. The van der Waals surface area contributed by atoms with Crippen LogP contribution in [-0.2, 0) is 28.6 Å². The number of carboxylic acid groups (broad SMARTS) is 1. The largest absolute Gasteiger partial charge is 0.477 e. The fourth-order valence-corrected chi connectivity index (χ4v) is 7.10. The summed E-state index contributed by atoms with van der Waals surface area (Å²) < 4.78 is 17.3. The third kappa shape index (κ3) is 43.7. The summed E-state index contributed by atoms with van der Waals surface area (Å²) in [6, 6.07) is -0.627. The summed E-state index contributed by atoms with van der Waals surface area (Å²) in [7, 11) is 5.51. The Morgan fingerprint density at radius 3 is 1.34 bits per heavy atom. The maximum absolute atomic E-state index is 12.8. The predicted molar refractivity (Wildman–Crippen MR) is 270 cm³/mol. The van der Waals surface area contributed by atoms with E-state index in [0.717, 1.165) is 70.6 Å². The Morgan fingerprint density at radius 1 is 0.484 bits per heavy atom. The maximum atomic E-state index is 12.8. The number of hydrogen-bond acceptors (Lipinski definition) is 6.